The summed E-state index contributed by atoms with van der Waals surface area (Å²) in [5, 5.41) is 8.85. The lowest BCUT2D eigenvalue weighted by atomic mass is 10.0. The number of rotatable bonds is 7. The Labute approximate surface area is 215 Å². The number of hydrogen-bond acceptors (Lipinski definition) is 4. The van der Waals surface area contributed by atoms with E-state index in [1.54, 1.807) is 49.4 Å². The molecule has 0 spiro atoms. The summed E-state index contributed by atoms with van der Waals surface area (Å²) in [5.74, 6) is -0.262. The molecule has 8 nitrogen and oxygen atoms in total. The monoisotopic (exact) mass is 526 g/mol. The van der Waals surface area contributed by atoms with Crippen molar-refractivity contribution in [1.82, 2.24) is 5.32 Å². The predicted molar refractivity (Wildman–Crippen MR) is 143 cm³/mol. The molecule has 1 aliphatic heterocycles. The summed E-state index contributed by atoms with van der Waals surface area (Å²) in [5.41, 5.74) is 3.27. The SMILES string of the molecule is Cc1cc(NC(=O)C(Cc2ccccc2)NC(=O)Nc2ccc(Cl)cc2)ccc1N1CCCS1(=O)=O. The van der Waals surface area contributed by atoms with Gasteiger partial charge in [-0.05, 0) is 66.9 Å². The van der Waals surface area contributed by atoms with Gasteiger partial charge in [0.25, 0.3) is 0 Å². The molecule has 4 rings (SSSR count). The molecule has 1 unspecified atom stereocenters. The summed E-state index contributed by atoms with van der Waals surface area (Å²) in [6.07, 6.45) is 0.870. The van der Waals surface area contributed by atoms with E-state index in [9.17, 15) is 18.0 Å². The molecule has 0 aliphatic carbocycles. The Bertz CT molecular complexity index is 1350. The molecule has 36 heavy (non-hydrogen) atoms. The minimum atomic E-state index is -3.30. The normalized spacial score (nSPS) is 15.2. The smallest absolute Gasteiger partial charge is 0.319 e. The van der Waals surface area contributed by atoms with Crippen molar-refractivity contribution < 1.29 is 18.0 Å². The standard InChI is InChI=1S/C26H27ClN4O4S/c1-18-16-22(12-13-24(18)31-14-5-15-36(31,34)35)28-25(32)23(17-19-6-3-2-4-7-19)30-26(33)29-21-10-8-20(27)9-11-21/h2-4,6-13,16,23H,5,14-15,17H2,1H3,(H,28,32)(H2,29,30,33). The largest absolute Gasteiger partial charge is 0.326 e. The fraction of sp³-hybridized carbons (Fsp3) is 0.231. The van der Waals surface area contributed by atoms with Gasteiger partial charge < -0.3 is 16.0 Å². The number of nitrogens with one attached hydrogen (secondary N) is 3. The third-order valence-corrected chi connectivity index (χ3v) is 7.95. The molecule has 10 heteroatoms. The highest BCUT2D eigenvalue weighted by Gasteiger charge is 2.29. The Morgan fingerprint density at radius 2 is 1.67 bits per heavy atom. The Hall–Kier alpha value is -3.56. The van der Waals surface area contributed by atoms with Crippen LogP contribution in [0.4, 0.5) is 21.9 Å². The van der Waals surface area contributed by atoms with Gasteiger partial charge in [-0.25, -0.2) is 13.2 Å². The van der Waals surface area contributed by atoms with E-state index in [4.69, 9.17) is 11.6 Å². The highest BCUT2D eigenvalue weighted by molar-refractivity contribution is 7.93. The molecular formula is C26H27ClN4O4S. The Morgan fingerprint density at radius 3 is 2.31 bits per heavy atom. The van der Waals surface area contributed by atoms with Crippen molar-refractivity contribution in [2.24, 2.45) is 0 Å². The fourth-order valence-electron chi connectivity index (χ4n) is 4.07. The molecule has 3 N–H and O–H groups in total. The molecular weight excluding hydrogens is 500 g/mol. The van der Waals surface area contributed by atoms with E-state index in [-0.39, 0.29) is 12.2 Å². The molecule has 1 heterocycles. The average molecular weight is 527 g/mol. The van der Waals surface area contributed by atoms with Crippen LogP contribution in [0.3, 0.4) is 0 Å². The molecule has 0 radical (unpaired) electrons. The number of anilines is 3. The predicted octanol–water partition coefficient (Wildman–Crippen LogP) is 4.56. The summed E-state index contributed by atoms with van der Waals surface area (Å²) in [6.45, 7) is 2.25. The Balaban J connectivity index is 1.49. The molecule has 1 saturated heterocycles. The lowest BCUT2D eigenvalue weighted by molar-refractivity contribution is -0.117. The van der Waals surface area contributed by atoms with Crippen LogP contribution in [0.2, 0.25) is 5.02 Å². The van der Waals surface area contributed by atoms with Crippen LogP contribution >= 0.6 is 11.6 Å². The third-order valence-electron chi connectivity index (χ3n) is 5.84. The second-order valence-corrected chi connectivity index (χ2v) is 11.0. The third kappa shape index (κ3) is 6.35. The Kier molecular flexibility index (Phi) is 7.81. The van der Waals surface area contributed by atoms with Gasteiger partial charge in [-0.1, -0.05) is 41.9 Å². The van der Waals surface area contributed by atoms with Gasteiger partial charge in [0, 0.05) is 29.4 Å². The van der Waals surface area contributed by atoms with Crippen molar-refractivity contribution >= 4 is 50.6 Å². The molecule has 0 aromatic heterocycles. The molecule has 3 aromatic rings. The van der Waals surface area contributed by atoms with E-state index < -0.39 is 28.0 Å². The van der Waals surface area contributed by atoms with Crippen LogP contribution in [0.5, 0.6) is 0 Å². The molecule has 1 atom stereocenters. The van der Waals surface area contributed by atoms with Crippen LogP contribution in [0.25, 0.3) is 0 Å². The van der Waals surface area contributed by atoms with Crippen molar-refractivity contribution in [2.75, 3.05) is 27.2 Å². The van der Waals surface area contributed by atoms with Crippen molar-refractivity contribution in [1.29, 1.82) is 0 Å². The topological polar surface area (TPSA) is 108 Å². The number of benzene rings is 3. The molecule has 0 bridgehead atoms. The van der Waals surface area contributed by atoms with Crippen molar-refractivity contribution in [3.8, 4) is 0 Å². The summed E-state index contributed by atoms with van der Waals surface area (Å²) < 4.78 is 26.0. The van der Waals surface area contributed by atoms with Gasteiger partial charge in [0.15, 0.2) is 0 Å². The molecule has 0 saturated carbocycles. The maximum atomic E-state index is 13.2. The van der Waals surface area contributed by atoms with Gasteiger partial charge in [-0.3, -0.25) is 9.10 Å². The lowest BCUT2D eigenvalue weighted by Gasteiger charge is -2.21. The maximum Gasteiger partial charge on any atom is 0.319 e. The molecule has 1 fully saturated rings. The van der Waals surface area contributed by atoms with E-state index >= 15 is 0 Å². The van der Waals surface area contributed by atoms with Gasteiger partial charge in [-0.2, -0.15) is 0 Å². The minimum absolute atomic E-state index is 0.135. The summed E-state index contributed by atoms with van der Waals surface area (Å²) in [7, 11) is -3.30. The van der Waals surface area contributed by atoms with Crippen LogP contribution < -0.4 is 20.3 Å². The molecule has 3 amide bonds. The zero-order valence-electron chi connectivity index (χ0n) is 19.7. The quantitative estimate of drug-likeness (QED) is 0.419. The van der Waals surface area contributed by atoms with Crippen molar-refractivity contribution in [3.05, 3.63) is 88.9 Å². The summed E-state index contributed by atoms with van der Waals surface area (Å²) in [4.78, 5) is 25.9. The summed E-state index contributed by atoms with van der Waals surface area (Å²) in [6, 6.07) is 19.7. The number of halogens is 1. The lowest BCUT2D eigenvalue weighted by Crippen LogP contribution is -2.46. The number of sulfonamides is 1. The second-order valence-electron chi connectivity index (χ2n) is 8.58. The fourth-order valence-corrected chi connectivity index (χ4v) is 5.82. The number of urea groups is 1. The van der Waals surface area contributed by atoms with Gasteiger partial charge in [0.05, 0.1) is 11.4 Å². The average Bonchev–Trinajstić information content (AvgIpc) is 3.19. The first-order chi connectivity index (χ1) is 17.2. The van der Waals surface area contributed by atoms with E-state index in [0.29, 0.717) is 35.1 Å². The van der Waals surface area contributed by atoms with E-state index in [0.717, 1.165) is 11.1 Å². The number of aryl methyl sites for hydroxylation is 1. The second kappa shape index (κ2) is 11.0. The van der Waals surface area contributed by atoms with Gasteiger partial charge >= 0.3 is 6.03 Å². The first-order valence-corrected chi connectivity index (χ1v) is 13.5. The maximum absolute atomic E-state index is 13.2. The first kappa shape index (κ1) is 25.5. The zero-order valence-corrected chi connectivity index (χ0v) is 21.3. The molecule has 188 valence electrons. The van der Waals surface area contributed by atoms with Crippen LogP contribution in [0, 0.1) is 6.92 Å². The summed E-state index contributed by atoms with van der Waals surface area (Å²) >= 11 is 5.90. The van der Waals surface area contributed by atoms with Crippen LogP contribution in [-0.4, -0.2) is 38.7 Å². The van der Waals surface area contributed by atoms with Crippen molar-refractivity contribution in [3.63, 3.8) is 0 Å². The van der Waals surface area contributed by atoms with Crippen LogP contribution in [-0.2, 0) is 21.2 Å². The van der Waals surface area contributed by atoms with E-state index in [1.165, 1.54) is 4.31 Å². The number of hydrogen-bond donors (Lipinski definition) is 3. The van der Waals surface area contributed by atoms with Crippen LogP contribution in [0.1, 0.15) is 17.5 Å². The first-order valence-electron chi connectivity index (χ1n) is 11.5. The number of carbonyl (C=O) groups excluding carboxylic acids is 2. The van der Waals surface area contributed by atoms with Gasteiger partial charge in [0.2, 0.25) is 15.9 Å². The highest BCUT2D eigenvalue weighted by atomic mass is 35.5. The highest BCUT2D eigenvalue weighted by Crippen LogP contribution is 2.29. The number of nitrogens with zero attached hydrogens (tertiary/aromatic N) is 1. The zero-order chi connectivity index (χ0) is 25.7. The number of amides is 3. The Morgan fingerprint density at radius 1 is 0.972 bits per heavy atom. The van der Waals surface area contributed by atoms with Gasteiger partial charge in [-0.15, -0.1) is 0 Å². The molecule has 3 aromatic carbocycles. The van der Waals surface area contributed by atoms with Gasteiger partial charge in [0.1, 0.15) is 6.04 Å². The molecule has 1 aliphatic rings. The van der Waals surface area contributed by atoms with Crippen LogP contribution in [0.15, 0.2) is 72.8 Å². The van der Waals surface area contributed by atoms with E-state index in [2.05, 4.69) is 16.0 Å². The minimum Gasteiger partial charge on any atom is -0.326 e. The van der Waals surface area contributed by atoms with E-state index in [1.807, 2.05) is 30.3 Å². The van der Waals surface area contributed by atoms with Crippen molar-refractivity contribution in [2.45, 2.75) is 25.8 Å². The number of carbonyl (C=O) groups is 2.